The van der Waals surface area contributed by atoms with Crippen LogP contribution in [0.3, 0.4) is 0 Å². The van der Waals surface area contributed by atoms with Gasteiger partial charge in [-0.15, -0.1) is 0 Å². The molecule has 64 valence electrons. The number of oxime groups is 1. The lowest BCUT2D eigenvalue weighted by atomic mass is 9.84. The molecule has 1 N–H and O–H groups in total. The normalized spacial score (nSPS) is 29.2. The molecule has 1 fully saturated rings. The van der Waals surface area contributed by atoms with Crippen LogP contribution in [0, 0.1) is 5.92 Å². The molecule has 0 bridgehead atoms. The van der Waals surface area contributed by atoms with E-state index in [1.165, 1.54) is 32.1 Å². The lowest BCUT2D eigenvalue weighted by molar-refractivity contribution is 0.307. The van der Waals surface area contributed by atoms with Gasteiger partial charge in [0, 0.05) is 5.92 Å². The van der Waals surface area contributed by atoms with Crippen molar-refractivity contribution in [2.45, 2.75) is 45.4 Å². The van der Waals surface area contributed by atoms with Crippen LogP contribution in [0.25, 0.3) is 0 Å². The molecule has 0 amide bonds. The zero-order chi connectivity index (χ0) is 8.10. The smallest absolute Gasteiger partial charge is 0.0601 e. The molecule has 0 aromatic carbocycles. The molecule has 1 saturated carbocycles. The molecular formula is C9H17NO. The van der Waals surface area contributed by atoms with Gasteiger partial charge in [0.15, 0.2) is 0 Å². The van der Waals surface area contributed by atoms with Crippen molar-refractivity contribution in [3.8, 4) is 0 Å². The van der Waals surface area contributed by atoms with Crippen molar-refractivity contribution in [1.29, 1.82) is 0 Å². The third-order valence-electron chi connectivity index (χ3n) is 2.47. The number of hydrogen-bond donors (Lipinski definition) is 1. The fraction of sp³-hybridized carbons (Fsp3) is 0.889. The molecule has 1 atom stereocenters. The Labute approximate surface area is 68.3 Å². The molecule has 0 aromatic rings. The summed E-state index contributed by atoms with van der Waals surface area (Å²) in [5.74, 6) is 0.582. The minimum atomic E-state index is 0.582. The molecule has 1 aliphatic rings. The molecule has 0 spiro atoms. The fourth-order valence-electron chi connectivity index (χ4n) is 1.86. The largest absolute Gasteiger partial charge is 0.411 e. The van der Waals surface area contributed by atoms with Crippen LogP contribution in [0.15, 0.2) is 5.16 Å². The highest BCUT2D eigenvalue weighted by atomic mass is 16.4. The average Bonchev–Trinajstić information content (AvgIpc) is 2.06. The summed E-state index contributed by atoms with van der Waals surface area (Å²) in [5, 5.41) is 12.0. The van der Waals surface area contributed by atoms with Crippen LogP contribution in [0.4, 0.5) is 0 Å². The summed E-state index contributed by atoms with van der Waals surface area (Å²) in [6.45, 7) is 2.18. The second-order valence-electron chi connectivity index (χ2n) is 3.32. The lowest BCUT2D eigenvalue weighted by Crippen LogP contribution is -2.18. The van der Waals surface area contributed by atoms with Gasteiger partial charge in [-0.05, 0) is 25.7 Å². The molecule has 1 aliphatic carbocycles. The number of hydrogen-bond acceptors (Lipinski definition) is 2. The maximum absolute atomic E-state index is 8.68. The van der Waals surface area contributed by atoms with Crippen molar-refractivity contribution in [3.63, 3.8) is 0 Å². The van der Waals surface area contributed by atoms with E-state index in [4.69, 9.17) is 5.21 Å². The first-order chi connectivity index (χ1) is 5.38. The first kappa shape index (κ1) is 8.57. The number of rotatable bonds is 2. The molecule has 0 aromatic heterocycles. The van der Waals surface area contributed by atoms with E-state index in [0.29, 0.717) is 5.92 Å². The summed E-state index contributed by atoms with van der Waals surface area (Å²) in [4.78, 5) is 0. The predicted molar refractivity (Wildman–Crippen MR) is 46.1 cm³/mol. The van der Waals surface area contributed by atoms with Crippen LogP contribution in [-0.2, 0) is 0 Å². The van der Waals surface area contributed by atoms with Crippen LogP contribution < -0.4 is 0 Å². The van der Waals surface area contributed by atoms with Crippen molar-refractivity contribution in [1.82, 2.24) is 0 Å². The zero-order valence-corrected chi connectivity index (χ0v) is 7.21. The van der Waals surface area contributed by atoms with E-state index in [1.807, 2.05) is 0 Å². The van der Waals surface area contributed by atoms with Gasteiger partial charge in [0.05, 0.1) is 5.71 Å². The van der Waals surface area contributed by atoms with E-state index in [-0.39, 0.29) is 0 Å². The highest BCUT2D eigenvalue weighted by Gasteiger charge is 2.19. The predicted octanol–water partition coefficient (Wildman–Crippen LogP) is 2.81. The van der Waals surface area contributed by atoms with Crippen molar-refractivity contribution < 1.29 is 5.21 Å². The average molecular weight is 155 g/mol. The Morgan fingerprint density at radius 2 is 2.36 bits per heavy atom. The molecule has 0 heterocycles. The summed E-state index contributed by atoms with van der Waals surface area (Å²) in [6.07, 6.45) is 7.15. The van der Waals surface area contributed by atoms with E-state index in [1.54, 1.807) is 0 Å². The maximum atomic E-state index is 8.68. The van der Waals surface area contributed by atoms with Gasteiger partial charge in [0.25, 0.3) is 0 Å². The summed E-state index contributed by atoms with van der Waals surface area (Å²) < 4.78 is 0. The molecular weight excluding hydrogens is 138 g/mol. The molecule has 11 heavy (non-hydrogen) atoms. The summed E-state index contributed by atoms with van der Waals surface area (Å²) in [5.41, 5.74) is 1.04. The van der Waals surface area contributed by atoms with Gasteiger partial charge in [-0.25, -0.2) is 0 Å². The molecule has 0 saturated heterocycles. The molecule has 2 heteroatoms. The third-order valence-corrected chi connectivity index (χ3v) is 2.47. The highest BCUT2D eigenvalue weighted by Crippen LogP contribution is 2.25. The first-order valence-electron chi connectivity index (χ1n) is 4.59. The van der Waals surface area contributed by atoms with Crippen LogP contribution in [0.1, 0.15) is 45.4 Å². The SMILES string of the molecule is CCC[C@@H]1CCCC/C1=N/O. The van der Waals surface area contributed by atoms with Gasteiger partial charge in [-0.1, -0.05) is 24.9 Å². The van der Waals surface area contributed by atoms with Gasteiger partial charge in [0.1, 0.15) is 0 Å². The minimum absolute atomic E-state index is 0.582. The highest BCUT2D eigenvalue weighted by molar-refractivity contribution is 5.86. The first-order valence-corrected chi connectivity index (χ1v) is 4.59. The second-order valence-corrected chi connectivity index (χ2v) is 3.32. The molecule has 1 rings (SSSR count). The standard InChI is InChI=1S/C9H17NO/c1-2-5-8-6-3-4-7-9(8)10-11/h8,11H,2-7H2,1H3/b10-9-/t8-/m1/s1. The van der Waals surface area contributed by atoms with E-state index in [2.05, 4.69) is 12.1 Å². The van der Waals surface area contributed by atoms with Crippen molar-refractivity contribution in [2.24, 2.45) is 11.1 Å². The van der Waals surface area contributed by atoms with Gasteiger partial charge >= 0.3 is 0 Å². The third kappa shape index (κ3) is 2.21. The Morgan fingerprint density at radius 1 is 1.55 bits per heavy atom. The van der Waals surface area contributed by atoms with Gasteiger partial charge in [-0.3, -0.25) is 0 Å². The van der Waals surface area contributed by atoms with E-state index >= 15 is 0 Å². The Morgan fingerprint density at radius 3 is 3.00 bits per heavy atom. The van der Waals surface area contributed by atoms with Gasteiger partial charge in [-0.2, -0.15) is 0 Å². The minimum Gasteiger partial charge on any atom is -0.411 e. The van der Waals surface area contributed by atoms with Crippen molar-refractivity contribution in [3.05, 3.63) is 0 Å². The monoisotopic (exact) mass is 155 g/mol. The second kappa shape index (κ2) is 4.37. The molecule has 2 nitrogen and oxygen atoms in total. The molecule has 0 radical (unpaired) electrons. The van der Waals surface area contributed by atoms with E-state index < -0.39 is 0 Å². The van der Waals surface area contributed by atoms with Crippen LogP contribution in [0.5, 0.6) is 0 Å². The Hall–Kier alpha value is -0.530. The van der Waals surface area contributed by atoms with Crippen LogP contribution in [-0.4, -0.2) is 10.9 Å². The fourth-order valence-corrected chi connectivity index (χ4v) is 1.86. The zero-order valence-electron chi connectivity index (χ0n) is 7.21. The van der Waals surface area contributed by atoms with Crippen molar-refractivity contribution in [2.75, 3.05) is 0 Å². The van der Waals surface area contributed by atoms with Crippen LogP contribution in [0.2, 0.25) is 0 Å². The quantitative estimate of drug-likeness (QED) is 0.482. The van der Waals surface area contributed by atoms with Gasteiger partial charge < -0.3 is 5.21 Å². The Bertz CT molecular complexity index is 140. The topological polar surface area (TPSA) is 32.6 Å². The summed E-state index contributed by atoms with van der Waals surface area (Å²) >= 11 is 0. The van der Waals surface area contributed by atoms with Gasteiger partial charge in [0.2, 0.25) is 0 Å². The summed E-state index contributed by atoms with van der Waals surface area (Å²) in [7, 11) is 0. The Balaban J connectivity index is 2.45. The Kier molecular flexibility index (Phi) is 3.40. The van der Waals surface area contributed by atoms with E-state index in [0.717, 1.165) is 12.1 Å². The lowest BCUT2D eigenvalue weighted by Gasteiger charge is -2.21. The van der Waals surface area contributed by atoms with Crippen LogP contribution >= 0.6 is 0 Å². The van der Waals surface area contributed by atoms with E-state index in [9.17, 15) is 0 Å². The molecule has 0 aliphatic heterocycles. The number of nitrogens with zero attached hydrogens (tertiary/aromatic N) is 1. The summed E-state index contributed by atoms with van der Waals surface area (Å²) in [6, 6.07) is 0. The maximum Gasteiger partial charge on any atom is 0.0601 e. The molecule has 0 unspecified atom stereocenters. The van der Waals surface area contributed by atoms with Crippen molar-refractivity contribution >= 4 is 5.71 Å².